The van der Waals surface area contributed by atoms with Crippen LogP contribution in [-0.2, 0) is 10.0 Å². The lowest BCUT2D eigenvalue weighted by molar-refractivity contribution is 0.122. The fourth-order valence-corrected chi connectivity index (χ4v) is 1.70. The Morgan fingerprint density at radius 2 is 1.91 bits per heavy atom. The van der Waals surface area contributed by atoms with Crippen molar-refractivity contribution in [2.45, 2.75) is 19.8 Å². The summed E-state index contributed by atoms with van der Waals surface area (Å²) in [6.07, 6.45) is -2.89. The van der Waals surface area contributed by atoms with Crippen molar-refractivity contribution in [1.29, 1.82) is 0 Å². The zero-order valence-corrected chi connectivity index (χ0v) is 6.94. The largest absolute Gasteiger partial charge is 0.238 e. The topological polar surface area (TPSA) is 60.2 Å². The van der Waals surface area contributed by atoms with Crippen LogP contribution in [0.25, 0.3) is 0 Å². The van der Waals surface area contributed by atoms with E-state index in [9.17, 15) is 17.2 Å². The van der Waals surface area contributed by atoms with Gasteiger partial charge in [0.05, 0.1) is 5.75 Å². The molecule has 6 heteroatoms. The molecule has 0 saturated heterocycles. The Morgan fingerprint density at radius 3 is 2.18 bits per heavy atom. The molecule has 0 heterocycles. The number of hydrogen-bond donors (Lipinski definition) is 1. The van der Waals surface area contributed by atoms with Gasteiger partial charge in [0.2, 0.25) is 16.4 Å². The summed E-state index contributed by atoms with van der Waals surface area (Å²) in [5.74, 6) is -0.956. The third-order valence-corrected chi connectivity index (χ3v) is 2.13. The number of nitrogens with two attached hydrogens (primary N) is 1. The van der Waals surface area contributed by atoms with E-state index in [0.29, 0.717) is 0 Å². The summed E-state index contributed by atoms with van der Waals surface area (Å²) >= 11 is 0. The summed E-state index contributed by atoms with van der Waals surface area (Å²) in [4.78, 5) is 0. The van der Waals surface area contributed by atoms with E-state index in [-0.39, 0.29) is 5.75 Å². The Morgan fingerprint density at radius 1 is 1.45 bits per heavy atom. The summed E-state index contributed by atoms with van der Waals surface area (Å²) in [6, 6.07) is 0. The first kappa shape index (κ1) is 10.8. The van der Waals surface area contributed by atoms with Crippen LogP contribution in [0.1, 0.15) is 13.3 Å². The SMILES string of the molecule is CC(CC(F)F)CS(N)(=O)=O. The molecule has 3 nitrogen and oxygen atoms in total. The van der Waals surface area contributed by atoms with Gasteiger partial charge in [-0.3, -0.25) is 0 Å². The second-order valence-electron chi connectivity index (χ2n) is 2.56. The van der Waals surface area contributed by atoms with Crippen LogP contribution in [0.15, 0.2) is 0 Å². The number of sulfonamides is 1. The maximum atomic E-state index is 11.6. The standard InChI is InChI=1S/C5H11F2NO2S/c1-4(2-5(6)7)3-11(8,9)10/h4-5H,2-3H2,1H3,(H2,8,9,10). The molecule has 0 fully saturated rings. The third-order valence-electron chi connectivity index (χ3n) is 1.10. The second-order valence-corrected chi connectivity index (χ2v) is 4.22. The van der Waals surface area contributed by atoms with Gasteiger partial charge in [0.1, 0.15) is 0 Å². The van der Waals surface area contributed by atoms with Gasteiger partial charge >= 0.3 is 0 Å². The van der Waals surface area contributed by atoms with E-state index in [1.54, 1.807) is 0 Å². The molecule has 0 radical (unpaired) electrons. The van der Waals surface area contributed by atoms with Crippen LogP contribution in [0.4, 0.5) is 8.78 Å². The Labute approximate surface area is 64.6 Å². The number of hydrogen-bond acceptors (Lipinski definition) is 2. The van der Waals surface area contributed by atoms with Gasteiger partial charge in [0.15, 0.2) is 0 Å². The fraction of sp³-hybridized carbons (Fsp3) is 1.00. The molecule has 0 aliphatic heterocycles. The van der Waals surface area contributed by atoms with E-state index in [1.807, 2.05) is 0 Å². The molecule has 0 spiro atoms. The van der Waals surface area contributed by atoms with Crippen molar-refractivity contribution in [2.75, 3.05) is 5.75 Å². The van der Waals surface area contributed by atoms with Gasteiger partial charge in [-0.1, -0.05) is 6.92 Å². The van der Waals surface area contributed by atoms with Gasteiger partial charge in [0, 0.05) is 6.42 Å². The minimum atomic E-state index is -3.60. The summed E-state index contributed by atoms with van der Waals surface area (Å²) in [6.45, 7) is 1.43. The Hall–Kier alpha value is -0.230. The molecule has 1 unspecified atom stereocenters. The van der Waals surface area contributed by atoms with Crippen molar-refractivity contribution in [1.82, 2.24) is 0 Å². The number of halogens is 2. The minimum Gasteiger partial charge on any atom is -0.229 e. The van der Waals surface area contributed by atoms with Gasteiger partial charge in [-0.05, 0) is 5.92 Å². The molecule has 0 aliphatic rings. The van der Waals surface area contributed by atoms with Crippen molar-refractivity contribution in [3.05, 3.63) is 0 Å². The van der Waals surface area contributed by atoms with Crippen molar-refractivity contribution in [3.63, 3.8) is 0 Å². The first-order valence-corrected chi connectivity index (χ1v) is 4.81. The average molecular weight is 187 g/mol. The molecule has 0 rings (SSSR count). The molecule has 0 aromatic rings. The molecule has 0 amide bonds. The maximum Gasteiger partial charge on any atom is 0.238 e. The first-order valence-electron chi connectivity index (χ1n) is 3.10. The third kappa shape index (κ3) is 7.67. The lowest BCUT2D eigenvalue weighted by Gasteiger charge is -2.07. The van der Waals surface area contributed by atoms with E-state index < -0.39 is 28.8 Å². The molecule has 0 bridgehead atoms. The number of alkyl halides is 2. The molecule has 68 valence electrons. The Kier molecular flexibility index (Phi) is 3.88. The van der Waals surface area contributed by atoms with Crippen LogP contribution >= 0.6 is 0 Å². The highest BCUT2D eigenvalue weighted by Gasteiger charge is 2.15. The Bertz CT molecular complexity index is 203. The molecule has 2 N–H and O–H groups in total. The highest BCUT2D eigenvalue weighted by Crippen LogP contribution is 2.10. The van der Waals surface area contributed by atoms with E-state index in [4.69, 9.17) is 0 Å². The van der Waals surface area contributed by atoms with Gasteiger partial charge < -0.3 is 0 Å². The summed E-state index contributed by atoms with van der Waals surface area (Å²) in [7, 11) is -3.60. The fourth-order valence-electron chi connectivity index (χ4n) is 0.769. The van der Waals surface area contributed by atoms with E-state index >= 15 is 0 Å². The average Bonchev–Trinajstić information content (AvgIpc) is 1.53. The molecule has 0 aromatic carbocycles. The highest BCUT2D eigenvalue weighted by molar-refractivity contribution is 7.89. The second kappa shape index (κ2) is 3.96. The predicted octanol–water partition coefficient (Wildman–Crippen LogP) is 0.566. The van der Waals surface area contributed by atoms with Crippen molar-refractivity contribution < 1.29 is 17.2 Å². The maximum absolute atomic E-state index is 11.6. The minimum absolute atomic E-state index is 0.378. The van der Waals surface area contributed by atoms with E-state index in [0.717, 1.165) is 0 Å². The van der Waals surface area contributed by atoms with Crippen LogP contribution in [0.3, 0.4) is 0 Å². The lowest BCUT2D eigenvalue weighted by atomic mass is 10.1. The molecule has 0 aliphatic carbocycles. The quantitative estimate of drug-likeness (QED) is 0.699. The molecule has 0 aromatic heterocycles. The predicted molar refractivity (Wildman–Crippen MR) is 37.8 cm³/mol. The van der Waals surface area contributed by atoms with Crippen LogP contribution in [0.2, 0.25) is 0 Å². The van der Waals surface area contributed by atoms with Crippen molar-refractivity contribution in [3.8, 4) is 0 Å². The highest BCUT2D eigenvalue weighted by atomic mass is 32.2. The smallest absolute Gasteiger partial charge is 0.229 e. The van der Waals surface area contributed by atoms with Gasteiger partial charge in [0.25, 0.3) is 0 Å². The summed E-state index contributed by atoms with van der Waals surface area (Å²) in [5.41, 5.74) is 0. The van der Waals surface area contributed by atoms with Crippen LogP contribution in [0.5, 0.6) is 0 Å². The van der Waals surface area contributed by atoms with Gasteiger partial charge in [-0.15, -0.1) is 0 Å². The Balaban J connectivity index is 3.80. The molecule has 0 saturated carbocycles. The lowest BCUT2D eigenvalue weighted by Crippen LogP contribution is -2.22. The first-order chi connectivity index (χ1) is 4.81. The number of rotatable bonds is 4. The zero-order chi connectivity index (χ0) is 9.07. The van der Waals surface area contributed by atoms with Crippen LogP contribution in [0, 0.1) is 5.92 Å². The molecular weight excluding hydrogens is 176 g/mol. The van der Waals surface area contributed by atoms with Gasteiger partial charge in [-0.2, -0.15) is 0 Å². The van der Waals surface area contributed by atoms with Crippen LogP contribution in [-0.4, -0.2) is 20.6 Å². The van der Waals surface area contributed by atoms with E-state index in [2.05, 4.69) is 5.14 Å². The van der Waals surface area contributed by atoms with Crippen molar-refractivity contribution in [2.24, 2.45) is 11.1 Å². The summed E-state index contributed by atoms with van der Waals surface area (Å²) in [5, 5.41) is 4.64. The summed E-state index contributed by atoms with van der Waals surface area (Å²) < 4.78 is 44.0. The monoisotopic (exact) mass is 187 g/mol. The number of primary sulfonamides is 1. The van der Waals surface area contributed by atoms with Gasteiger partial charge in [-0.25, -0.2) is 22.3 Å². The molecular formula is C5H11F2NO2S. The zero-order valence-electron chi connectivity index (χ0n) is 6.13. The normalized spacial score (nSPS) is 15.4. The molecule has 1 atom stereocenters. The van der Waals surface area contributed by atoms with Crippen LogP contribution < -0.4 is 5.14 Å². The van der Waals surface area contributed by atoms with E-state index in [1.165, 1.54) is 6.92 Å². The van der Waals surface area contributed by atoms with Crippen molar-refractivity contribution >= 4 is 10.0 Å². The molecule has 11 heavy (non-hydrogen) atoms.